The number of thioether (sulfide) groups is 1. The van der Waals surface area contributed by atoms with Crippen LogP contribution in [-0.4, -0.2) is 41.7 Å². The summed E-state index contributed by atoms with van der Waals surface area (Å²) in [5, 5.41) is 2.96. The molecule has 6 heteroatoms. The zero-order valence-electron chi connectivity index (χ0n) is 16.6. The highest BCUT2D eigenvalue weighted by Crippen LogP contribution is 2.31. The number of anilines is 1. The lowest BCUT2D eigenvalue weighted by molar-refractivity contribution is 0.0548. The highest BCUT2D eigenvalue weighted by Gasteiger charge is 2.31. The number of carbonyl (C=O) groups excluding carboxylic acids is 2. The Morgan fingerprint density at radius 2 is 2.07 bits per heavy atom. The molecule has 1 fully saturated rings. The molecule has 2 aliphatic heterocycles. The number of amides is 2. The molecule has 5 nitrogen and oxygen atoms in total. The van der Waals surface area contributed by atoms with Gasteiger partial charge in [-0.05, 0) is 55.3 Å². The van der Waals surface area contributed by atoms with Crippen molar-refractivity contribution in [2.45, 2.75) is 43.5 Å². The minimum atomic E-state index is -0.170. The third-order valence-corrected chi connectivity index (χ3v) is 6.45. The van der Waals surface area contributed by atoms with E-state index in [9.17, 15) is 9.59 Å². The standard InChI is InChI=1S/C23H26N2O3S/c1-2-29-21-9-4-3-8-18(21)22(26)24-16-10-11-20-19(15-16)23(27)25-13-6-5-7-17(25)12-14-28-20/h3-4,8-11,15,17H,2,5-7,12-14H2,1H3,(H,24,26). The number of piperidine rings is 1. The number of rotatable bonds is 4. The first-order valence-electron chi connectivity index (χ1n) is 10.3. The largest absolute Gasteiger partial charge is 0.493 e. The molecule has 1 atom stereocenters. The van der Waals surface area contributed by atoms with Gasteiger partial charge >= 0.3 is 0 Å². The normalized spacial score (nSPS) is 18.7. The summed E-state index contributed by atoms with van der Waals surface area (Å²) < 4.78 is 5.88. The zero-order valence-corrected chi connectivity index (χ0v) is 17.5. The van der Waals surface area contributed by atoms with Crippen molar-refractivity contribution in [2.24, 2.45) is 0 Å². The second-order valence-electron chi connectivity index (χ2n) is 7.38. The van der Waals surface area contributed by atoms with Gasteiger partial charge < -0.3 is 15.0 Å². The van der Waals surface area contributed by atoms with Crippen molar-refractivity contribution in [3.8, 4) is 5.75 Å². The zero-order chi connectivity index (χ0) is 20.2. The van der Waals surface area contributed by atoms with E-state index >= 15 is 0 Å². The summed E-state index contributed by atoms with van der Waals surface area (Å²) in [6.45, 7) is 3.46. The molecule has 1 saturated heterocycles. The van der Waals surface area contributed by atoms with Gasteiger partial charge in [-0.3, -0.25) is 9.59 Å². The molecule has 0 bridgehead atoms. The van der Waals surface area contributed by atoms with Gasteiger partial charge in [-0.15, -0.1) is 11.8 Å². The molecule has 152 valence electrons. The molecule has 2 aromatic carbocycles. The number of ether oxygens (including phenoxy) is 1. The summed E-state index contributed by atoms with van der Waals surface area (Å²) in [7, 11) is 0. The number of fused-ring (bicyclic) bond motifs is 2. The Labute approximate surface area is 175 Å². The minimum absolute atomic E-state index is 0.00226. The first-order chi connectivity index (χ1) is 14.2. The monoisotopic (exact) mass is 410 g/mol. The van der Waals surface area contributed by atoms with Gasteiger partial charge in [0.25, 0.3) is 11.8 Å². The molecule has 1 unspecified atom stereocenters. The highest BCUT2D eigenvalue weighted by atomic mass is 32.2. The van der Waals surface area contributed by atoms with Crippen LogP contribution >= 0.6 is 11.8 Å². The van der Waals surface area contributed by atoms with E-state index in [2.05, 4.69) is 12.2 Å². The topological polar surface area (TPSA) is 58.6 Å². The number of hydrogen-bond acceptors (Lipinski definition) is 4. The third-order valence-electron chi connectivity index (χ3n) is 5.50. The Hall–Kier alpha value is -2.47. The number of hydrogen-bond donors (Lipinski definition) is 1. The second kappa shape index (κ2) is 8.91. The Bertz CT molecular complexity index is 915. The van der Waals surface area contributed by atoms with Crippen LogP contribution in [0.15, 0.2) is 47.4 Å². The van der Waals surface area contributed by atoms with Crippen LogP contribution in [0.4, 0.5) is 5.69 Å². The number of benzene rings is 2. The lowest BCUT2D eigenvalue weighted by Crippen LogP contribution is -2.45. The number of nitrogens with one attached hydrogen (secondary N) is 1. The van der Waals surface area contributed by atoms with Gasteiger partial charge in [0, 0.05) is 29.6 Å². The van der Waals surface area contributed by atoms with Crippen molar-refractivity contribution in [3.05, 3.63) is 53.6 Å². The van der Waals surface area contributed by atoms with Crippen molar-refractivity contribution < 1.29 is 14.3 Å². The molecule has 2 aliphatic rings. The van der Waals surface area contributed by atoms with E-state index in [0.717, 1.165) is 42.9 Å². The lowest BCUT2D eigenvalue weighted by Gasteiger charge is -2.37. The summed E-state index contributed by atoms with van der Waals surface area (Å²) in [5.41, 5.74) is 1.78. The van der Waals surface area contributed by atoms with Gasteiger partial charge in [-0.2, -0.15) is 0 Å². The van der Waals surface area contributed by atoms with E-state index in [4.69, 9.17) is 4.74 Å². The van der Waals surface area contributed by atoms with Crippen LogP contribution in [0.1, 0.15) is 53.3 Å². The Kier molecular flexibility index (Phi) is 6.09. The molecule has 4 rings (SSSR count). The van der Waals surface area contributed by atoms with E-state index in [1.807, 2.05) is 29.2 Å². The molecule has 2 aromatic rings. The van der Waals surface area contributed by atoms with Crippen LogP contribution in [0.5, 0.6) is 5.75 Å². The van der Waals surface area contributed by atoms with Crippen molar-refractivity contribution in [2.75, 3.05) is 24.2 Å². The predicted octanol–water partition coefficient (Wildman–Crippen LogP) is 4.83. The summed E-state index contributed by atoms with van der Waals surface area (Å²) in [6.07, 6.45) is 4.11. The van der Waals surface area contributed by atoms with Crippen molar-refractivity contribution in [3.63, 3.8) is 0 Å². The molecular weight excluding hydrogens is 384 g/mol. The molecule has 29 heavy (non-hydrogen) atoms. The van der Waals surface area contributed by atoms with Crippen LogP contribution in [0.3, 0.4) is 0 Å². The van der Waals surface area contributed by atoms with Crippen LogP contribution in [-0.2, 0) is 0 Å². The van der Waals surface area contributed by atoms with Crippen LogP contribution in [0.2, 0.25) is 0 Å². The summed E-state index contributed by atoms with van der Waals surface area (Å²) >= 11 is 1.64. The maximum absolute atomic E-state index is 13.2. The van der Waals surface area contributed by atoms with Gasteiger partial charge in [0.2, 0.25) is 0 Å². The number of nitrogens with zero attached hydrogens (tertiary/aromatic N) is 1. The van der Waals surface area contributed by atoms with Crippen molar-refractivity contribution in [1.29, 1.82) is 0 Å². The van der Waals surface area contributed by atoms with Gasteiger partial charge in [0.1, 0.15) is 5.75 Å². The highest BCUT2D eigenvalue weighted by molar-refractivity contribution is 7.99. The first-order valence-corrected chi connectivity index (χ1v) is 11.3. The van der Waals surface area contributed by atoms with E-state index in [1.165, 1.54) is 0 Å². The molecule has 0 spiro atoms. The quantitative estimate of drug-likeness (QED) is 0.734. The number of carbonyl (C=O) groups is 2. The van der Waals surface area contributed by atoms with Crippen LogP contribution < -0.4 is 10.1 Å². The SMILES string of the molecule is CCSc1ccccc1C(=O)Nc1ccc2c(c1)C(=O)N1CCCCC1CCO2. The Morgan fingerprint density at radius 3 is 2.93 bits per heavy atom. The smallest absolute Gasteiger partial charge is 0.257 e. The van der Waals surface area contributed by atoms with Gasteiger partial charge in [0.15, 0.2) is 0 Å². The molecular formula is C23H26N2O3S. The molecule has 0 saturated carbocycles. The van der Waals surface area contributed by atoms with E-state index in [-0.39, 0.29) is 17.9 Å². The molecule has 1 N–H and O–H groups in total. The predicted molar refractivity (Wildman–Crippen MR) is 116 cm³/mol. The molecule has 0 radical (unpaired) electrons. The van der Waals surface area contributed by atoms with Crippen LogP contribution in [0.25, 0.3) is 0 Å². The molecule has 2 heterocycles. The average molecular weight is 411 g/mol. The maximum atomic E-state index is 13.2. The first kappa shape index (κ1) is 19.8. The lowest BCUT2D eigenvalue weighted by atomic mass is 9.97. The van der Waals surface area contributed by atoms with Gasteiger partial charge in [-0.1, -0.05) is 19.1 Å². The van der Waals surface area contributed by atoms with Crippen molar-refractivity contribution >= 4 is 29.3 Å². The van der Waals surface area contributed by atoms with Crippen LogP contribution in [0, 0.1) is 0 Å². The maximum Gasteiger partial charge on any atom is 0.257 e. The van der Waals surface area contributed by atoms with E-state index < -0.39 is 0 Å². The fourth-order valence-corrected chi connectivity index (χ4v) is 4.86. The van der Waals surface area contributed by atoms with Gasteiger partial charge in [0.05, 0.1) is 17.7 Å². The minimum Gasteiger partial charge on any atom is -0.493 e. The third kappa shape index (κ3) is 4.27. The van der Waals surface area contributed by atoms with Crippen molar-refractivity contribution in [1.82, 2.24) is 4.90 Å². The van der Waals surface area contributed by atoms with E-state index in [0.29, 0.717) is 29.2 Å². The second-order valence-corrected chi connectivity index (χ2v) is 8.69. The fraction of sp³-hybridized carbons (Fsp3) is 0.391. The Morgan fingerprint density at radius 1 is 1.21 bits per heavy atom. The summed E-state index contributed by atoms with van der Waals surface area (Å²) in [6, 6.07) is 13.2. The molecule has 0 aliphatic carbocycles. The fourth-order valence-electron chi connectivity index (χ4n) is 4.06. The molecule has 2 amide bonds. The summed E-state index contributed by atoms with van der Waals surface area (Å²) in [5.74, 6) is 1.32. The van der Waals surface area contributed by atoms with Gasteiger partial charge in [-0.25, -0.2) is 0 Å². The average Bonchev–Trinajstić information content (AvgIpc) is 2.74. The van der Waals surface area contributed by atoms with E-state index in [1.54, 1.807) is 30.0 Å². The Balaban J connectivity index is 1.59. The summed E-state index contributed by atoms with van der Waals surface area (Å²) in [4.78, 5) is 29.0. The molecule has 0 aromatic heterocycles.